The van der Waals surface area contributed by atoms with E-state index in [1.807, 2.05) is 38.1 Å². The van der Waals surface area contributed by atoms with Crippen molar-refractivity contribution in [1.82, 2.24) is 9.97 Å². The third-order valence-corrected chi connectivity index (χ3v) is 2.82. The molecule has 2 rings (SSSR count). The Balaban J connectivity index is 2.40. The van der Waals surface area contributed by atoms with Gasteiger partial charge < -0.3 is 4.74 Å². The van der Waals surface area contributed by atoms with Crippen LogP contribution in [0.25, 0.3) is 0 Å². The predicted octanol–water partition coefficient (Wildman–Crippen LogP) is 3.85. The molecule has 3 nitrogen and oxygen atoms in total. The van der Waals surface area contributed by atoms with Crippen LogP contribution in [0.15, 0.2) is 24.3 Å². The summed E-state index contributed by atoms with van der Waals surface area (Å²) >= 11 is 5.99. The van der Waals surface area contributed by atoms with Crippen molar-refractivity contribution in [1.29, 1.82) is 0 Å². The first-order valence-electron chi connectivity index (χ1n) is 5.32. The third-order valence-electron chi connectivity index (χ3n) is 2.45. The van der Waals surface area contributed by atoms with Crippen LogP contribution in [-0.4, -0.2) is 9.97 Å². The van der Waals surface area contributed by atoms with E-state index in [1.165, 1.54) is 0 Å². The average molecular weight is 249 g/mol. The van der Waals surface area contributed by atoms with Crippen molar-refractivity contribution in [2.45, 2.75) is 20.8 Å². The lowest BCUT2D eigenvalue weighted by atomic mass is 10.2. The van der Waals surface area contributed by atoms with Crippen LogP contribution in [0.1, 0.15) is 17.0 Å². The van der Waals surface area contributed by atoms with E-state index in [1.54, 1.807) is 6.92 Å². The molecule has 17 heavy (non-hydrogen) atoms. The predicted molar refractivity (Wildman–Crippen MR) is 67.8 cm³/mol. The highest BCUT2D eigenvalue weighted by molar-refractivity contribution is 6.30. The lowest BCUT2D eigenvalue weighted by Crippen LogP contribution is -1.98. The maximum absolute atomic E-state index is 5.99. The van der Waals surface area contributed by atoms with E-state index in [0.29, 0.717) is 16.9 Å². The van der Waals surface area contributed by atoms with Crippen molar-refractivity contribution in [3.8, 4) is 11.6 Å². The molecule has 0 aliphatic heterocycles. The maximum Gasteiger partial charge on any atom is 0.226 e. The molecule has 0 aliphatic rings. The number of nitrogens with zero attached hydrogens (tertiary/aromatic N) is 2. The highest BCUT2D eigenvalue weighted by atomic mass is 35.5. The SMILES string of the molecule is Cc1nc(Cl)c(C)c(Oc2ccccc2C)n1. The Kier molecular flexibility index (Phi) is 3.29. The average Bonchev–Trinajstić information content (AvgIpc) is 2.28. The van der Waals surface area contributed by atoms with Crippen LogP contribution in [-0.2, 0) is 0 Å². The molecule has 0 radical (unpaired) electrons. The van der Waals surface area contributed by atoms with Gasteiger partial charge in [0.25, 0.3) is 0 Å². The fraction of sp³-hybridized carbons (Fsp3) is 0.231. The first kappa shape index (κ1) is 11.9. The minimum atomic E-state index is 0.432. The van der Waals surface area contributed by atoms with Crippen LogP contribution in [0, 0.1) is 20.8 Å². The van der Waals surface area contributed by atoms with E-state index in [9.17, 15) is 0 Å². The van der Waals surface area contributed by atoms with E-state index in [0.717, 1.165) is 16.9 Å². The van der Waals surface area contributed by atoms with Gasteiger partial charge in [-0.25, -0.2) is 4.98 Å². The van der Waals surface area contributed by atoms with Gasteiger partial charge in [0.15, 0.2) is 0 Å². The van der Waals surface area contributed by atoms with E-state index in [-0.39, 0.29) is 0 Å². The molecule has 0 fully saturated rings. The van der Waals surface area contributed by atoms with Crippen molar-refractivity contribution in [3.05, 3.63) is 46.4 Å². The van der Waals surface area contributed by atoms with E-state index < -0.39 is 0 Å². The number of hydrogen-bond donors (Lipinski definition) is 0. The molecule has 4 heteroatoms. The Morgan fingerprint density at radius 2 is 1.76 bits per heavy atom. The van der Waals surface area contributed by atoms with Gasteiger partial charge in [-0.3, -0.25) is 0 Å². The summed E-state index contributed by atoms with van der Waals surface area (Å²) in [5.74, 6) is 1.89. The molecule has 1 heterocycles. The monoisotopic (exact) mass is 248 g/mol. The van der Waals surface area contributed by atoms with Crippen LogP contribution in [0.4, 0.5) is 0 Å². The Labute approximate surface area is 105 Å². The number of para-hydroxylation sites is 1. The lowest BCUT2D eigenvalue weighted by molar-refractivity contribution is 0.452. The van der Waals surface area contributed by atoms with Gasteiger partial charge in [-0.15, -0.1) is 0 Å². The van der Waals surface area contributed by atoms with Gasteiger partial charge in [-0.05, 0) is 32.4 Å². The number of hydrogen-bond acceptors (Lipinski definition) is 3. The zero-order valence-electron chi connectivity index (χ0n) is 9.99. The summed E-state index contributed by atoms with van der Waals surface area (Å²) in [6.07, 6.45) is 0. The minimum absolute atomic E-state index is 0.432. The molecule has 0 aliphatic carbocycles. The summed E-state index contributed by atoms with van der Waals surface area (Å²) in [7, 11) is 0. The number of benzene rings is 1. The number of halogens is 1. The van der Waals surface area contributed by atoms with E-state index >= 15 is 0 Å². The number of aryl methyl sites for hydroxylation is 2. The zero-order valence-corrected chi connectivity index (χ0v) is 10.7. The second-order valence-corrected chi connectivity index (χ2v) is 4.22. The first-order chi connectivity index (χ1) is 8.08. The van der Waals surface area contributed by atoms with Gasteiger partial charge in [0.1, 0.15) is 16.7 Å². The second kappa shape index (κ2) is 4.72. The van der Waals surface area contributed by atoms with Crippen LogP contribution in [0.2, 0.25) is 5.15 Å². The van der Waals surface area contributed by atoms with Crippen molar-refractivity contribution in [3.63, 3.8) is 0 Å². The van der Waals surface area contributed by atoms with Gasteiger partial charge >= 0.3 is 0 Å². The highest BCUT2D eigenvalue weighted by Crippen LogP contribution is 2.28. The quantitative estimate of drug-likeness (QED) is 0.758. The molecule has 2 aromatic rings. The number of ether oxygens (including phenoxy) is 1. The maximum atomic E-state index is 5.99. The summed E-state index contributed by atoms with van der Waals surface area (Å²) in [4.78, 5) is 8.32. The van der Waals surface area contributed by atoms with Crippen molar-refractivity contribution in [2.75, 3.05) is 0 Å². The topological polar surface area (TPSA) is 35.0 Å². The Hall–Kier alpha value is -1.61. The summed E-state index contributed by atoms with van der Waals surface area (Å²) in [5.41, 5.74) is 1.81. The summed E-state index contributed by atoms with van der Waals surface area (Å²) in [6.45, 7) is 5.62. The third kappa shape index (κ3) is 2.56. The number of rotatable bonds is 2. The molecule has 0 spiro atoms. The first-order valence-corrected chi connectivity index (χ1v) is 5.70. The van der Waals surface area contributed by atoms with E-state index in [2.05, 4.69) is 9.97 Å². The van der Waals surface area contributed by atoms with Gasteiger partial charge in [0.2, 0.25) is 5.88 Å². The molecule has 1 aromatic heterocycles. The Morgan fingerprint density at radius 1 is 1.06 bits per heavy atom. The van der Waals surface area contributed by atoms with Crippen LogP contribution < -0.4 is 4.74 Å². The van der Waals surface area contributed by atoms with Crippen LogP contribution in [0.3, 0.4) is 0 Å². The Morgan fingerprint density at radius 3 is 2.47 bits per heavy atom. The van der Waals surface area contributed by atoms with Gasteiger partial charge in [0, 0.05) is 5.56 Å². The smallest absolute Gasteiger partial charge is 0.226 e. The van der Waals surface area contributed by atoms with Crippen LogP contribution >= 0.6 is 11.6 Å². The normalized spacial score (nSPS) is 10.4. The fourth-order valence-corrected chi connectivity index (χ4v) is 1.65. The summed E-state index contributed by atoms with van der Waals surface area (Å²) < 4.78 is 5.77. The molecule has 0 bridgehead atoms. The van der Waals surface area contributed by atoms with Gasteiger partial charge in [-0.2, -0.15) is 4.98 Å². The molecule has 0 N–H and O–H groups in total. The molecular formula is C13H13ClN2O. The van der Waals surface area contributed by atoms with Crippen LogP contribution in [0.5, 0.6) is 11.6 Å². The van der Waals surface area contributed by atoms with Gasteiger partial charge in [0.05, 0.1) is 0 Å². The molecule has 88 valence electrons. The standard InChI is InChI=1S/C13H13ClN2O/c1-8-6-4-5-7-11(8)17-13-9(2)12(14)15-10(3)16-13/h4-7H,1-3H3. The molecule has 0 unspecified atom stereocenters. The fourth-order valence-electron chi connectivity index (χ4n) is 1.44. The van der Waals surface area contributed by atoms with Crippen molar-refractivity contribution >= 4 is 11.6 Å². The Bertz CT molecular complexity index is 555. The minimum Gasteiger partial charge on any atom is -0.438 e. The summed E-state index contributed by atoms with van der Waals surface area (Å²) in [6, 6.07) is 7.78. The molecule has 0 amide bonds. The molecule has 0 atom stereocenters. The van der Waals surface area contributed by atoms with E-state index in [4.69, 9.17) is 16.3 Å². The lowest BCUT2D eigenvalue weighted by Gasteiger charge is -2.10. The molecule has 0 saturated heterocycles. The van der Waals surface area contributed by atoms with Crippen molar-refractivity contribution < 1.29 is 4.74 Å². The molecular weight excluding hydrogens is 236 g/mol. The number of aromatic nitrogens is 2. The largest absolute Gasteiger partial charge is 0.438 e. The van der Waals surface area contributed by atoms with Gasteiger partial charge in [-0.1, -0.05) is 29.8 Å². The highest BCUT2D eigenvalue weighted by Gasteiger charge is 2.10. The molecule has 0 saturated carbocycles. The summed E-state index contributed by atoms with van der Waals surface area (Å²) in [5, 5.41) is 0.432. The van der Waals surface area contributed by atoms with Crippen molar-refractivity contribution in [2.24, 2.45) is 0 Å². The molecule has 1 aromatic carbocycles. The zero-order chi connectivity index (χ0) is 12.4. The second-order valence-electron chi connectivity index (χ2n) is 3.86.